The summed E-state index contributed by atoms with van der Waals surface area (Å²) in [6, 6.07) is 8.72. The molecule has 3 aromatic heterocycles. The molecule has 1 amide bonds. The first kappa shape index (κ1) is 19.7. The minimum absolute atomic E-state index is 0.0175. The van der Waals surface area contributed by atoms with E-state index in [4.69, 9.17) is 0 Å². The quantitative estimate of drug-likeness (QED) is 0.634. The van der Waals surface area contributed by atoms with Crippen molar-refractivity contribution >= 4 is 11.7 Å². The molecule has 1 aliphatic rings. The Labute approximate surface area is 173 Å². The Balaban J connectivity index is 1.33. The highest BCUT2D eigenvalue weighted by Gasteiger charge is 2.26. The third-order valence-corrected chi connectivity index (χ3v) is 5.11. The third-order valence-electron chi connectivity index (χ3n) is 5.11. The number of rotatable bonds is 6. The van der Waals surface area contributed by atoms with Crippen molar-refractivity contribution < 1.29 is 4.79 Å². The maximum absolute atomic E-state index is 12.7. The van der Waals surface area contributed by atoms with Gasteiger partial charge in [-0.2, -0.15) is 10.2 Å². The van der Waals surface area contributed by atoms with Crippen LogP contribution in [0.5, 0.6) is 0 Å². The smallest absolute Gasteiger partial charge is 0.266 e. The molecule has 156 valence electrons. The van der Waals surface area contributed by atoms with E-state index in [1.807, 2.05) is 19.1 Å². The molecule has 0 spiro atoms. The van der Waals surface area contributed by atoms with Gasteiger partial charge in [0.1, 0.15) is 0 Å². The van der Waals surface area contributed by atoms with Crippen molar-refractivity contribution in [1.82, 2.24) is 35.1 Å². The summed E-state index contributed by atoms with van der Waals surface area (Å²) in [7, 11) is 0. The first-order valence-corrected chi connectivity index (χ1v) is 10.0. The van der Waals surface area contributed by atoms with E-state index >= 15 is 0 Å². The summed E-state index contributed by atoms with van der Waals surface area (Å²) in [5, 5.41) is 19.7. The van der Waals surface area contributed by atoms with E-state index in [-0.39, 0.29) is 17.4 Å². The number of nitrogens with zero attached hydrogens (tertiary/aromatic N) is 7. The van der Waals surface area contributed by atoms with E-state index in [0.29, 0.717) is 25.5 Å². The molecule has 0 saturated carbocycles. The van der Waals surface area contributed by atoms with Crippen LogP contribution in [0.25, 0.3) is 5.82 Å². The molecule has 4 rings (SSSR count). The van der Waals surface area contributed by atoms with Crippen molar-refractivity contribution in [3.05, 3.63) is 58.8 Å². The maximum atomic E-state index is 12.7. The normalized spacial score (nSPS) is 16.4. The molecule has 30 heavy (non-hydrogen) atoms. The summed E-state index contributed by atoms with van der Waals surface area (Å²) in [4.78, 5) is 26.8. The molecule has 10 nitrogen and oxygen atoms in total. The second-order valence-electron chi connectivity index (χ2n) is 7.31. The molecule has 3 aromatic rings. The number of hydrogen-bond acceptors (Lipinski definition) is 7. The van der Waals surface area contributed by atoms with E-state index in [0.717, 1.165) is 30.9 Å². The van der Waals surface area contributed by atoms with Gasteiger partial charge in [-0.1, -0.05) is 0 Å². The molecule has 1 atom stereocenters. The Hall–Kier alpha value is -3.56. The summed E-state index contributed by atoms with van der Waals surface area (Å²) in [5.74, 6) is 1.20. The van der Waals surface area contributed by atoms with Gasteiger partial charge >= 0.3 is 0 Å². The Bertz CT molecular complexity index is 1050. The highest BCUT2D eigenvalue weighted by atomic mass is 16.2. The van der Waals surface area contributed by atoms with Crippen molar-refractivity contribution in [1.29, 1.82) is 0 Å². The second kappa shape index (κ2) is 8.85. The van der Waals surface area contributed by atoms with Crippen LogP contribution in [-0.2, 0) is 11.3 Å². The lowest BCUT2D eigenvalue weighted by atomic mass is 9.97. The standard InChI is InChI=1S/C20H24N8O2/c1-15-5-6-17(24-23-15)26-11-2-4-16(14-26)20(30)21-10-13-28-19(29)8-7-18(25-28)27-12-3-9-22-27/h3,5-9,12,16H,2,4,10-11,13-14H2,1H3,(H,21,30). The molecule has 4 heterocycles. The minimum atomic E-state index is -0.220. The van der Waals surface area contributed by atoms with Crippen molar-refractivity contribution in [2.45, 2.75) is 26.3 Å². The molecular formula is C20H24N8O2. The molecule has 0 radical (unpaired) electrons. The summed E-state index contributed by atoms with van der Waals surface area (Å²) in [5.41, 5.74) is 0.646. The number of anilines is 1. The maximum Gasteiger partial charge on any atom is 0.266 e. The van der Waals surface area contributed by atoms with Gasteiger partial charge in [0.05, 0.1) is 18.2 Å². The monoisotopic (exact) mass is 408 g/mol. The number of nitrogens with one attached hydrogen (secondary N) is 1. The molecule has 1 unspecified atom stereocenters. The largest absolute Gasteiger partial charge is 0.354 e. The van der Waals surface area contributed by atoms with Crippen LogP contribution in [0.3, 0.4) is 0 Å². The van der Waals surface area contributed by atoms with Crippen LogP contribution >= 0.6 is 0 Å². The fraction of sp³-hybridized carbons (Fsp3) is 0.400. The molecule has 1 saturated heterocycles. The number of hydrogen-bond donors (Lipinski definition) is 1. The molecule has 0 aliphatic carbocycles. The lowest BCUT2D eigenvalue weighted by Crippen LogP contribution is -2.44. The molecule has 1 N–H and O–H groups in total. The first-order chi connectivity index (χ1) is 14.6. The number of aromatic nitrogens is 6. The van der Waals surface area contributed by atoms with Gasteiger partial charge in [-0.05, 0) is 44.0 Å². The van der Waals surface area contributed by atoms with Crippen molar-refractivity contribution in [2.75, 3.05) is 24.5 Å². The van der Waals surface area contributed by atoms with Gasteiger partial charge in [-0.3, -0.25) is 9.59 Å². The summed E-state index contributed by atoms with van der Waals surface area (Å²) in [6.45, 7) is 3.99. The van der Waals surface area contributed by atoms with Crippen molar-refractivity contribution in [3.63, 3.8) is 0 Å². The summed E-state index contributed by atoms with van der Waals surface area (Å²) in [6.07, 6.45) is 5.15. The Morgan fingerprint density at radius 3 is 2.83 bits per heavy atom. The van der Waals surface area contributed by atoms with Gasteiger partial charge in [0.2, 0.25) is 5.91 Å². The van der Waals surface area contributed by atoms with Crippen LogP contribution in [0.1, 0.15) is 18.5 Å². The number of aryl methyl sites for hydroxylation is 1. The van der Waals surface area contributed by atoms with Crippen LogP contribution in [0, 0.1) is 12.8 Å². The van der Waals surface area contributed by atoms with E-state index in [1.54, 1.807) is 29.2 Å². The zero-order valence-electron chi connectivity index (χ0n) is 16.8. The predicted molar refractivity (Wildman–Crippen MR) is 110 cm³/mol. The van der Waals surface area contributed by atoms with Gasteiger partial charge in [0, 0.05) is 38.1 Å². The number of piperidine rings is 1. The fourth-order valence-electron chi connectivity index (χ4n) is 3.51. The van der Waals surface area contributed by atoms with Gasteiger partial charge in [-0.15, -0.1) is 10.2 Å². The van der Waals surface area contributed by atoms with Crippen molar-refractivity contribution in [2.24, 2.45) is 5.92 Å². The summed E-state index contributed by atoms with van der Waals surface area (Å²) < 4.78 is 2.92. The minimum Gasteiger partial charge on any atom is -0.354 e. The summed E-state index contributed by atoms with van der Waals surface area (Å²) >= 11 is 0. The van der Waals surface area contributed by atoms with Gasteiger partial charge in [0.15, 0.2) is 11.6 Å². The fourth-order valence-corrected chi connectivity index (χ4v) is 3.51. The predicted octanol–water partition coefficient (Wildman–Crippen LogP) is 0.560. The average Bonchev–Trinajstić information content (AvgIpc) is 3.30. The molecule has 1 fully saturated rings. The van der Waals surface area contributed by atoms with Crippen LogP contribution in [0.4, 0.5) is 5.82 Å². The van der Waals surface area contributed by atoms with E-state index < -0.39 is 0 Å². The van der Waals surface area contributed by atoms with Crippen LogP contribution < -0.4 is 15.8 Å². The van der Waals surface area contributed by atoms with E-state index in [9.17, 15) is 9.59 Å². The van der Waals surface area contributed by atoms with Gasteiger partial charge in [-0.25, -0.2) is 9.36 Å². The van der Waals surface area contributed by atoms with Gasteiger partial charge in [0.25, 0.3) is 5.56 Å². The highest BCUT2D eigenvalue weighted by molar-refractivity contribution is 5.79. The van der Waals surface area contributed by atoms with Crippen LogP contribution in [-0.4, -0.2) is 55.3 Å². The van der Waals surface area contributed by atoms with Crippen molar-refractivity contribution in [3.8, 4) is 5.82 Å². The molecule has 10 heteroatoms. The zero-order chi connectivity index (χ0) is 20.9. The Morgan fingerprint density at radius 1 is 1.20 bits per heavy atom. The lowest BCUT2D eigenvalue weighted by molar-refractivity contribution is -0.125. The lowest BCUT2D eigenvalue weighted by Gasteiger charge is -2.32. The topological polar surface area (TPSA) is 111 Å². The van der Waals surface area contributed by atoms with E-state index in [2.05, 4.69) is 30.6 Å². The first-order valence-electron chi connectivity index (χ1n) is 10.0. The Kier molecular flexibility index (Phi) is 5.82. The number of carbonyl (C=O) groups excluding carboxylic acids is 1. The zero-order valence-corrected chi connectivity index (χ0v) is 16.8. The van der Waals surface area contributed by atoms with Gasteiger partial charge < -0.3 is 10.2 Å². The van der Waals surface area contributed by atoms with Crippen LogP contribution in [0.15, 0.2) is 47.5 Å². The molecule has 0 bridgehead atoms. The molecule has 1 aliphatic heterocycles. The SMILES string of the molecule is Cc1ccc(N2CCCC(C(=O)NCCn3nc(-n4cccn4)ccc3=O)C2)nn1. The number of amides is 1. The number of carbonyl (C=O) groups is 1. The Morgan fingerprint density at radius 2 is 2.07 bits per heavy atom. The average molecular weight is 408 g/mol. The molecular weight excluding hydrogens is 384 g/mol. The third kappa shape index (κ3) is 4.53. The highest BCUT2D eigenvalue weighted by Crippen LogP contribution is 2.21. The van der Waals surface area contributed by atoms with Crippen LogP contribution in [0.2, 0.25) is 0 Å². The van der Waals surface area contributed by atoms with E-state index in [1.165, 1.54) is 10.7 Å². The second-order valence-corrected chi connectivity index (χ2v) is 7.31. The molecule has 0 aromatic carbocycles.